The number of nitrogens with zero attached hydrogens (tertiary/aromatic N) is 3. The van der Waals surface area contributed by atoms with Gasteiger partial charge >= 0.3 is 0 Å². The van der Waals surface area contributed by atoms with Crippen molar-refractivity contribution < 1.29 is 14.4 Å². The topological polar surface area (TPSA) is 82.1 Å². The molecule has 1 fully saturated rings. The first-order chi connectivity index (χ1) is 14.3. The quantitative estimate of drug-likeness (QED) is 0.685. The van der Waals surface area contributed by atoms with Crippen LogP contribution in [0.4, 0.5) is 5.69 Å². The Morgan fingerprint density at radius 3 is 2.60 bits per heavy atom. The highest BCUT2D eigenvalue weighted by Gasteiger charge is 2.33. The van der Waals surface area contributed by atoms with Crippen LogP contribution in [-0.2, 0) is 9.59 Å². The smallest absolute Gasteiger partial charge is 0.262 e. The summed E-state index contributed by atoms with van der Waals surface area (Å²) in [6.07, 6.45) is 2.40. The van der Waals surface area contributed by atoms with Gasteiger partial charge in [0.15, 0.2) is 5.17 Å². The lowest BCUT2D eigenvalue weighted by Crippen LogP contribution is -2.36. The third kappa shape index (κ3) is 5.22. The van der Waals surface area contributed by atoms with Gasteiger partial charge in [-0.25, -0.2) is 0 Å². The monoisotopic (exact) mass is 430 g/mol. The van der Waals surface area contributed by atoms with Crippen LogP contribution < -0.4 is 5.32 Å². The van der Waals surface area contributed by atoms with Crippen molar-refractivity contribution in [2.24, 2.45) is 10.9 Å². The van der Waals surface area contributed by atoms with Gasteiger partial charge in [0.05, 0.1) is 0 Å². The molecule has 7 nitrogen and oxygen atoms in total. The number of amidine groups is 1. The predicted octanol–water partition coefficient (Wildman–Crippen LogP) is 3.23. The van der Waals surface area contributed by atoms with E-state index in [9.17, 15) is 14.4 Å². The van der Waals surface area contributed by atoms with Gasteiger partial charge in [-0.3, -0.25) is 14.4 Å². The Balaban J connectivity index is 1.58. The van der Waals surface area contributed by atoms with Crippen molar-refractivity contribution in [1.82, 2.24) is 9.80 Å². The van der Waals surface area contributed by atoms with Crippen molar-refractivity contribution in [3.8, 4) is 0 Å². The van der Waals surface area contributed by atoms with E-state index < -0.39 is 5.25 Å². The second kappa shape index (κ2) is 9.64. The van der Waals surface area contributed by atoms with Gasteiger partial charge in [0, 0.05) is 43.9 Å². The second-order valence-corrected chi connectivity index (χ2v) is 9.01. The van der Waals surface area contributed by atoms with E-state index in [0.717, 1.165) is 13.1 Å². The van der Waals surface area contributed by atoms with Crippen molar-refractivity contribution >= 4 is 40.3 Å². The van der Waals surface area contributed by atoms with Crippen molar-refractivity contribution in [3.05, 3.63) is 29.8 Å². The number of carbonyl (C=O) groups is 3. The first-order valence-electron chi connectivity index (χ1n) is 10.5. The van der Waals surface area contributed by atoms with Crippen LogP contribution in [0, 0.1) is 5.92 Å². The van der Waals surface area contributed by atoms with E-state index in [4.69, 9.17) is 0 Å². The molecule has 162 valence electrons. The summed E-state index contributed by atoms with van der Waals surface area (Å²) < 4.78 is 0. The molecule has 1 aliphatic heterocycles. The van der Waals surface area contributed by atoms with Gasteiger partial charge in [-0.2, -0.15) is 4.99 Å². The van der Waals surface area contributed by atoms with Crippen molar-refractivity contribution in [1.29, 1.82) is 0 Å². The number of carbonyl (C=O) groups excluding carboxylic acids is 3. The summed E-state index contributed by atoms with van der Waals surface area (Å²) in [6.45, 7) is 7.63. The zero-order valence-electron chi connectivity index (χ0n) is 18.1. The molecule has 1 aliphatic carbocycles. The molecular formula is C22H30N4O3S. The Bertz CT molecular complexity index is 849. The van der Waals surface area contributed by atoms with Crippen molar-refractivity contribution in [2.75, 3.05) is 25.5 Å². The van der Waals surface area contributed by atoms with Gasteiger partial charge in [0.1, 0.15) is 5.25 Å². The molecule has 1 aromatic rings. The molecule has 0 spiro atoms. The number of thioether (sulfide) groups is 1. The zero-order valence-corrected chi connectivity index (χ0v) is 18.9. The van der Waals surface area contributed by atoms with Crippen molar-refractivity contribution in [2.45, 2.75) is 51.3 Å². The van der Waals surface area contributed by atoms with E-state index in [1.165, 1.54) is 24.6 Å². The highest BCUT2D eigenvalue weighted by molar-refractivity contribution is 8.15. The molecular weight excluding hydrogens is 400 g/mol. The first kappa shape index (κ1) is 22.3. The number of hydrogen-bond acceptors (Lipinski definition) is 5. The lowest BCUT2D eigenvalue weighted by molar-refractivity contribution is -0.121. The van der Waals surface area contributed by atoms with Crippen LogP contribution in [0.1, 0.15) is 50.4 Å². The number of aliphatic imine (C=N–C) groups is 1. The van der Waals surface area contributed by atoms with E-state index in [1.807, 2.05) is 25.8 Å². The SMILES string of the molecule is CCN(CC)C1=NC(=O)C(CC(=O)Nc2cccc(C(=O)N(C)C(C)C3CC3)c2)S1. The highest BCUT2D eigenvalue weighted by Crippen LogP contribution is 2.35. The molecule has 0 aromatic heterocycles. The molecule has 1 aromatic carbocycles. The molecule has 30 heavy (non-hydrogen) atoms. The minimum Gasteiger partial charge on any atom is -0.352 e. The summed E-state index contributed by atoms with van der Waals surface area (Å²) in [5, 5.41) is 3.00. The van der Waals surface area contributed by atoms with E-state index >= 15 is 0 Å². The number of amides is 3. The fourth-order valence-electron chi connectivity index (χ4n) is 3.53. The van der Waals surface area contributed by atoms with E-state index in [-0.39, 0.29) is 30.2 Å². The molecule has 0 saturated heterocycles. The van der Waals surface area contributed by atoms with Gasteiger partial charge in [-0.05, 0) is 57.7 Å². The molecule has 3 rings (SSSR count). The van der Waals surface area contributed by atoms with Crippen LogP contribution in [0.2, 0.25) is 0 Å². The number of rotatable bonds is 8. The molecule has 2 atom stereocenters. The normalized spacial score (nSPS) is 19.3. The Kier molecular flexibility index (Phi) is 7.18. The number of anilines is 1. The van der Waals surface area contributed by atoms with E-state index in [0.29, 0.717) is 22.3 Å². The van der Waals surface area contributed by atoms with E-state index in [2.05, 4.69) is 17.2 Å². The zero-order chi connectivity index (χ0) is 21.8. The van der Waals surface area contributed by atoms with Gasteiger partial charge in [0.2, 0.25) is 5.91 Å². The Labute approximate surface area is 182 Å². The minimum absolute atomic E-state index is 0.0502. The molecule has 1 N–H and O–H groups in total. The molecule has 8 heteroatoms. The average molecular weight is 431 g/mol. The highest BCUT2D eigenvalue weighted by atomic mass is 32.2. The lowest BCUT2D eigenvalue weighted by atomic mass is 10.1. The van der Waals surface area contributed by atoms with Crippen LogP contribution in [0.15, 0.2) is 29.3 Å². The van der Waals surface area contributed by atoms with Crippen molar-refractivity contribution in [3.63, 3.8) is 0 Å². The van der Waals surface area contributed by atoms with Crippen LogP contribution in [0.25, 0.3) is 0 Å². The number of nitrogens with one attached hydrogen (secondary N) is 1. The molecule has 1 heterocycles. The Hall–Kier alpha value is -2.35. The first-order valence-corrected chi connectivity index (χ1v) is 11.4. The van der Waals surface area contributed by atoms with E-state index in [1.54, 1.807) is 29.2 Å². The molecule has 2 aliphatic rings. The van der Waals surface area contributed by atoms with Gasteiger partial charge in [-0.15, -0.1) is 0 Å². The summed E-state index contributed by atoms with van der Waals surface area (Å²) in [4.78, 5) is 45.4. The lowest BCUT2D eigenvalue weighted by Gasteiger charge is -2.25. The standard InChI is InChI=1S/C22H30N4O3S/c1-5-26(6-2)22-24-20(28)18(30-22)13-19(27)23-17-9-7-8-16(12-17)21(29)25(4)14(3)15-10-11-15/h7-9,12,14-15,18H,5-6,10-11,13H2,1-4H3,(H,23,27). The van der Waals surface area contributed by atoms with Gasteiger partial charge in [-0.1, -0.05) is 17.8 Å². The molecule has 0 bridgehead atoms. The maximum atomic E-state index is 12.8. The molecule has 2 unspecified atom stereocenters. The average Bonchev–Trinajstić information content (AvgIpc) is 3.52. The Morgan fingerprint density at radius 2 is 1.97 bits per heavy atom. The van der Waals surface area contributed by atoms with Crippen LogP contribution in [-0.4, -0.2) is 64.1 Å². The van der Waals surface area contributed by atoms with Gasteiger partial charge in [0.25, 0.3) is 11.8 Å². The third-order valence-corrected chi connectivity index (χ3v) is 6.98. The molecule has 0 radical (unpaired) electrons. The second-order valence-electron chi connectivity index (χ2n) is 7.84. The maximum Gasteiger partial charge on any atom is 0.262 e. The fourth-order valence-corrected chi connectivity index (χ4v) is 4.73. The molecule has 1 saturated carbocycles. The fraction of sp³-hybridized carbons (Fsp3) is 0.545. The van der Waals surface area contributed by atoms with Crippen LogP contribution in [0.3, 0.4) is 0 Å². The summed E-state index contributed by atoms with van der Waals surface area (Å²) in [5.41, 5.74) is 1.10. The van der Waals surface area contributed by atoms with Crippen LogP contribution >= 0.6 is 11.8 Å². The van der Waals surface area contributed by atoms with Crippen LogP contribution in [0.5, 0.6) is 0 Å². The third-order valence-electron chi connectivity index (χ3n) is 5.76. The summed E-state index contributed by atoms with van der Waals surface area (Å²) >= 11 is 1.34. The summed E-state index contributed by atoms with van der Waals surface area (Å²) in [5.74, 6) is 0.00819. The summed E-state index contributed by atoms with van der Waals surface area (Å²) in [6, 6.07) is 7.17. The number of benzene rings is 1. The Morgan fingerprint density at radius 1 is 1.27 bits per heavy atom. The predicted molar refractivity (Wildman–Crippen MR) is 121 cm³/mol. The maximum absolute atomic E-state index is 12.8. The van der Waals surface area contributed by atoms with Gasteiger partial charge < -0.3 is 15.1 Å². The minimum atomic E-state index is -0.504. The number of hydrogen-bond donors (Lipinski definition) is 1. The largest absolute Gasteiger partial charge is 0.352 e. The molecule has 3 amide bonds. The summed E-state index contributed by atoms with van der Waals surface area (Å²) in [7, 11) is 1.83.